The van der Waals surface area contributed by atoms with Crippen LogP contribution in [-0.2, 0) is 0 Å². The summed E-state index contributed by atoms with van der Waals surface area (Å²) in [7, 11) is 0. The van der Waals surface area contributed by atoms with E-state index in [0.717, 1.165) is 4.88 Å². The first-order chi connectivity index (χ1) is 8.29. The number of benzene rings is 1. The number of alkyl halides is 1. The maximum atomic E-state index is 13.0. The van der Waals surface area contributed by atoms with Crippen LogP contribution in [0.3, 0.4) is 0 Å². The Morgan fingerprint density at radius 1 is 1.29 bits per heavy atom. The molecule has 0 bridgehead atoms. The predicted molar refractivity (Wildman–Crippen MR) is 69.4 cm³/mol. The molecule has 0 N–H and O–H groups in total. The molecule has 1 atom stereocenters. The summed E-state index contributed by atoms with van der Waals surface area (Å²) in [5.41, 5.74) is 0. The van der Waals surface area contributed by atoms with Gasteiger partial charge in [0.05, 0.1) is 0 Å². The molecule has 1 aromatic carbocycles. The summed E-state index contributed by atoms with van der Waals surface area (Å²) in [6.07, 6.45) is 0.604. The zero-order chi connectivity index (χ0) is 12.1. The van der Waals surface area contributed by atoms with Crippen LogP contribution in [0, 0.1) is 5.82 Å². The van der Waals surface area contributed by atoms with E-state index in [-0.39, 0.29) is 11.9 Å². The van der Waals surface area contributed by atoms with Crippen LogP contribution in [0.15, 0.2) is 41.8 Å². The Morgan fingerprint density at radius 2 is 2.18 bits per heavy atom. The number of ether oxygens (including phenoxy) is 1. The van der Waals surface area contributed by atoms with Gasteiger partial charge in [0.25, 0.3) is 0 Å². The molecule has 1 nitrogen and oxygen atoms in total. The van der Waals surface area contributed by atoms with E-state index >= 15 is 0 Å². The lowest BCUT2D eigenvalue weighted by molar-refractivity contribution is 0.205. The van der Waals surface area contributed by atoms with Crippen LogP contribution in [0.5, 0.6) is 5.75 Å². The Hall–Kier alpha value is -1.06. The fraction of sp³-hybridized carbons (Fsp3) is 0.231. The summed E-state index contributed by atoms with van der Waals surface area (Å²) in [6.45, 7) is 0. The molecule has 17 heavy (non-hydrogen) atoms. The minimum atomic E-state index is -0.293. The molecule has 2 rings (SSSR count). The lowest BCUT2D eigenvalue weighted by Crippen LogP contribution is -2.06. The van der Waals surface area contributed by atoms with Crippen molar-refractivity contribution in [2.45, 2.75) is 12.5 Å². The van der Waals surface area contributed by atoms with Crippen LogP contribution in [0.2, 0.25) is 0 Å². The van der Waals surface area contributed by atoms with Crippen molar-refractivity contribution < 1.29 is 9.13 Å². The Balaban J connectivity index is 2.13. The highest BCUT2D eigenvalue weighted by atomic mass is 35.5. The second-order valence-electron chi connectivity index (χ2n) is 3.56. The number of halogens is 2. The molecule has 0 amide bonds. The Morgan fingerprint density at radius 3 is 2.82 bits per heavy atom. The predicted octanol–water partition coefficient (Wildman–Crippen LogP) is 4.64. The van der Waals surface area contributed by atoms with Gasteiger partial charge in [-0.2, -0.15) is 0 Å². The summed E-state index contributed by atoms with van der Waals surface area (Å²) in [4.78, 5) is 1.11. The van der Waals surface area contributed by atoms with Gasteiger partial charge in [-0.1, -0.05) is 12.1 Å². The van der Waals surface area contributed by atoms with Gasteiger partial charge in [0, 0.05) is 23.2 Å². The van der Waals surface area contributed by atoms with Gasteiger partial charge in [-0.15, -0.1) is 22.9 Å². The number of hydrogen-bond donors (Lipinski definition) is 0. The van der Waals surface area contributed by atoms with Gasteiger partial charge < -0.3 is 4.74 Å². The Kier molecular flexibility index (Phi) is 4.40. The second kappa shape index (κ2) is 6.03. The third-order valence-corrected chi connectivity index (χ3v) is 3.49. The molecule has 0 aliphatic heterocycles. The van der Waals surface area contributed by atoms with Crippen molar-refractivity contribution in [3.8, 4) is 5.75 Å². The first-order valence-electron chi connectivity index (χ1n) is 5.31. The lowest BCUT2D eigenvalue weighted by Gasteiger charge is -2.16. The molecule has 0 aliphatic carbocycles. The van der Waals surface area contributed by atoms with E-state index in [1.807, 2.05) is 17.5 Å². The largest absolute Gasteiger partial charge is 0.485 e. The summed E-state index contributed by atoms with van der Waals surface area (Å²) in [5.74, 6) is 0.754. The van der Waals surface area contributed by atoms with Crippen molar-refractivity contribution in [3.63, 3.8) is 0 Å². The van der Waals surface area contributed by atoms with Gasteiger partial charge in [-0.25, -0.2) is 4.39 Å². The zero-order valence-electron chi connectivity index (χ0n) is 9.11. The van der Waals surface area contributed by atoms with Crippen molar-refractivity contribution in [1.82, 2.24) is 0 Å². The van der Waals surface area contributed by atoms with Gasteiger partial charge in [0.2, 0.25) is 0 Å². The second-order valence-corrected chi connectivity index (χ2v) is 4.91. The van der Waals surface area contributed by atoms with Crippen LogP contribution in [0.1, 0.15) is 17.4 Å². The highest BCUT2D eigenvalue weighted by Gasteiger charge is 2.14. The Labute approximate surface area is 109 Å². The molecular weight excluding hydrogens is 259 g/mol. The van der Waals surface area contributed by atoms with E-state index in [9.17, 15) is 4.39 Å². The maximum absolute atomic E-state index is 13.0. The zero-order valence-corrected chi connectivity index (χ0v) is 10.7. The van der Waals surface area contributed by atoms with E-state index in [2.05, 4.69) is 0 Å². The quantitative estimate of drug-likeness (QED) is 0.720. The molecule has 0 saturated heterocycles. The van der Waals surface area contributed by atoms with Crippen LogP contribution in [0.4, 0.5) is 4.39 Å². The first kappa shape index (κ1) is 12.4. The molecule has 0 aliphatic rings. The molecular formula is C13H12ClFOS. The Bertz CT molecular complexity index is 458. The van der Waals surface area contributed by atoms with Crippen LogP contribution in [-0.4, -0.2) is 5.88 Å². The lowest BCUT2D eigenvalue weighted by atomic mass is 10.2. The monoisotopic (exact) mass is 270 g/mol. The van der Waals surface area contributed by atoms with Crippen LogP contribution < -0.4 is 4.74 Å². The molecule has 0 radical (unpaired) electrons. The molecule has 0 saturated carbocycles. The maximum Gasteiger partial charge on any atom is 0.134 e. The van der Waals surface area contributed by atoms with Gasteiger partial charge >= 0.3 is 0 Å². The fourth-order valence-corrected chi connectivity index (χ4v) is 2.52. The van der Waals surface area contributed by atoms with Crippen molar-refractivity contribution in [1.29, 1.82) is 0 Å². The normalized spacial score (nSPS) is 12.4. The summed E-state index contributed by atoms with van der Waals surface area (Å²) >= 11 is 7.38. The van der Waals surface area contributed by atoms with Gasteiger partial charge in [-0.3, -0.25) is 0 Å². The van der Waals surface area contributed by atoms with E-state index in [1.165, 1.54) is 12.1 Å². The average molecular weight is 271 g/mol. The van der Waals surface area contributed by atoms with Crippen molar-refractivity contribution in [3.05, 3.63) is 52.5 Å². The summed E-state index contributed by atoms with van der Waals surface area (Å²) in [6, 6.07) is 10.1. The van der Waals surface area contributed by atoms with E-state index in [0.29, 0.717) is 18.1 Å². The molecule has 1 aromatic heterocycles. The highest BCUT2D eigenvalue weighted by molar-refractivity contribution is 7.10. The van der Waals surface area contributed by atoms with Crippen molar-refractivity contribution >= 4 is 22.9 Å². The third kappa shape index (κ3) is 3.45. The molecule has 4 heteroatoms. The average Bonchev–Trinajstić information content (AvgIpc) is 2.82. The smallest absolute Gasteiger partial charge is 0.134 e. The van der Waals surface area contributed by atoms with Crippen LogP contribution in [0.25, 0.3) is 0 Å². The fourth-order valence-electron chi connectivity index (χ4n) is 1.54. The van der Waals surface area contributed by atoms with Gasteiger partial charge in [0.1, 0.15) is 17.7 Å². The molecule has 90 valence electrons. The molecule has 0 spiro atoms. The minimum Gasteiger partial charge on any atom is -0.485 e. The summed E-state index contributed by atoms with van der Waals surface area (Å²) < 4.78 is 18.8. The molecule has 2 aromatic rings. The van der Waals surface area contributed by atoms with Crippen molar-refractivity contribution in [2.75, 3.05) is 5.88 Å². The number of hydrogen-bond acceptors (Lipinski definition) is 2. The number of rotatable bonds is 5. The standard InChI is InChI=1S/C13H12ClFOS/c14-7-6-12(13-5-2-8-17-13)16-11-4-1-3-10(15)9-11/h1-5,8-9,12H,6-7H2. The van der Waals surface area contributed by atoms with Crippen molar-refractivity contribution in [2.24, 2.45) is 0 Å². The topological polar surface area (TPSA) is 9.23 Å². The van der Waals surface area contributed by atoms with Gasteiger partial charge in [0.15, 0.2) is 0 Å². The summed E-state index contributed by atoms with van der Waals surface area (Å²) in [5, 5.41) is 1.99. The highest BCUT2D eigenvalue weighted by Crippen LogP contribution is 2.28. The van der Waals surface area contributed by atoms with E-state index in [4.69, 9.17) is 16.3 Å². The molecule has 1 heterocycles. The third-order valence-electron chi connectivity index (χ3n) is 2.31. The molecule has 0 fully saturated rings. The molecule has 1 unspecified atom stereocenters. The van der Waals surface area contributed by atoms with E-state index in [1.54, 1.807) is 23.5 Å². The van der Waals surface area contributed by atoms with E-state index < -0.39 is 0 Å². The SMILES string of the molecule is Fc1cccc(OC(CCCl)c2cccs2)c1. The van der Waals surface area contributed by atoms with Crippen LogP contribution >= 0.6 is 22.9 Å². The minimum absolute atomic E-state index is 0.103. The number of thiophene rings is 1. The first-order valence-corrected chi connectivity index (χ1v) is 6.72. The van der Waals surface area contributed by atoms with Gasteiger partial charge in [-0.05, 0) is 23.6 Å².